The molecule has 0 aromatic heterocycles. The topological polar surface area (TPSA) is 261 Å². The van der Waals surface area contributed by atoms with Crippen molar-refractivity contribution in [2.75, 3.05) is 0 Å². The number of carbonyl (C=O) groups excluding carboxylic acids is 2. The van der Waals surface area contributed by atoms with Crippen molar-refractivity contribution in [1.29, 1.82) is 0 Å². The standard InChI is InChI=1S/C2H2O4.8H2N.2Pt/c3-1(4)2(5)6;;;;;;;;;;/h(H,3,4)(H,5,6);8*1H2;;/q;8*-1;2*+5/p-2. The van der Waals surface area contributed by atoms with Crippen LogP contribution in [0.15, 0.2) is 0 Å². The molecule has 0 saturated carbocycles. The molecule has 108 valence electrons. The van der Waals surface area contributed by atoms with E-state index in [1.54, 1.807) is 0 Å². The summed E-state index contributed by atoms with van der Waals surface area (Å²) < 4.78 is 48.9. The summed E-state index contributed by atoms with van der Waals surface area (Å²) in [4.78, 5) is 22.0. The van der Waals surface area contributed by atoms with Gasteiger partial charge in [-0.05, 0) is 0 Å². The fourth-order valence-electron chi connectivity index (χ4n) is 0.323. The van der Waals surface area contributed by atoms with Gasteiger partial charge in [-0.15, -0.1) is 0 Å². The molecule has 0 rings (SSSR count). The Labute approximate surface area is 94.8 Å². The molecule has 16 heavy (non-hydrogen) atoms. The molecule has 0 aliphatic rings. The van der Waals surface area contributed by atoms with E-state index in [1.807, 2.05) is 0 Å². The summed E-state index contributed by atoms with van der Waals surface area (Å²) in [5.41, 5.74) is 0. The van der Waals surface area contributed by atoms with E-state index in [0.717, 1.165) is 0 Å². The van der Waals surface area contributed by atoms with Crippen molar-refractivity contribution in [1.82, 2.24) is 0 Å². The van der Waals surface area contributed by atoms with Crippen LogP contribution in [0.25, 0.3) is 0 Å². The fourth-order valence-corrected chi connectivity index (χ4v) is 2.65. The molecule has 0 heterocycles. The maximum atomic E-state index is 11.0. The van der Waals surface area contributed by atoms with Gasteiger partial charge in [0.1, 0.15) is 0 Å². The van der Waals surface area contributed by atoms with Gasteiger partial charge >= 0.3 is 95.0 Å². The molecule has 0 aliphatic carbocycles. The molecule has 16 N–H and O–H groups in total. The first-order valence-electron chi connectivity index (χ1n) is 2.79. The molecule has 0 amide bonds. The Bertz CT molecular complexity index is 285. The van der Waals surface area contributed by atoms with E-state index in [2.05, 4.69) is 6.78 Å². The van der Waals surface area contributed by atoms with E-state index < -0.39 is 44.3 Å². The molecule has 14 heteroatoms. The molecule has 0 bridgehead atoms. The average Bonchev–Trinajstić information content (AvgIpc) is 1.74. The second-order valence-corrected chi connectivity index (χ2v) is 16.9. The first kappa shape index (κ1) is 16.0. The number of carbonyl (C=O) groups is 2. The van der Waals surface area contributed by atoms with Gasteiger partial charge in [0.15, 0.2) is 0 Å². The number of nitrogens with two attached hydrogens (primary N) is 8. The molecular formula is C2H16N8O4Pt2. The van der Waals surface area contributed by atoms with Crippen LogP contribution in [-0.4, -0.2) is 11.9 Å². The molecule has 0 saturated heterocycles. The van der Waals surface area contributed by atoms with Crippen LogP contribution < -0.4 is 34.3 Å². The van der Waals surface area contributed by atoms with Gasteiger partial charge in [0.05, 0.1) is 0 Å². The molecule has 0 unspecified atom stereocenters. The summed E-state index contributed by atoms with van der Waals surface area (Å²) >= 11 is -10.5. The minimum atomic E-state index is -5.23. The summed E-state index contributed by atoms with van der Waals surface area (Å²) in [6, 6.07) is 0. The van der Waals surface area contributed by atoms with E-state index in [4.69, 9.17) is 34.3 Å². The molecule has 0 fully saturated rings. The molecular weight excluding hydrogens is 590 g/mol. The molecule has 0 atom stereocenters. The van der Waals surface area contributed by atoms with Crippen molar-refractivity contribution in [3.63, 3.8) is 0 Å². The molecule has 0 aliphatic heterocycles. The van der Waals surface area contributed by atoms with E-state index >= 15 is 0 Å². The Morgan fingerprint density at radius 2 is 0.812 bits per heavy atom. The third-order valence-corrected chi connectivity index (χ3v) is 3.57. The van der Waals surface area contributed by atoms with Crippen LogP contribution >= 0.6 is 0 Å². The Morgan fingerprint density at radius 3 is 0.938 bits per heavy atom. The Hall–Kier alpha value is -0.00338. The Balaban J connectivity index is 4.64. The SMILES string of the molecule is [NH2][Pt]([NH2])([NH2])([NH2])[O]C(=O)C(=O)[O][Pt]([NH2])([NH2])([NH2])[NH2]. The van der Waals surface area contributed by atoms with Crippen LogP contribution in [-0.2, 0) is 48.8 Å². The van der Waals surface area contributed by atoms with Crippen molar-refractivity contribution >= 4 is 11.9 Å². The van der Waals surface area contributed by atoms with Gasteiger partial charge in [-0.3, -0.25) is 0 Å². The molecule has 0 aromatic rings. The van der Waals surface area contributed by atoms with Gasteiger partial charge in [-0.25, -0.2) is 0 Å². The normalized spacial score (nSPS) is 17.5. The van der Waals surface area contributed by atoms with Gasteiger partial charge in [0.2, 0.25) is 0 Å². The zero-order chi connectivity index (χ0) is 13.5. The summed E-state index contributed by atoms with van der Waals surface area (Å²) in [6.07, 6.45) is 0. The van der Waals surface area contributed by atoms with Crippen molar-refractivity contribution < 1.29 is 48.8 Å². The second kappa shape index (κ2) is 3.75. The van der Waals surface area contributed by atoms with Crippen LogP contribution in [0.2, 0.25) is 0 Å². The quantitative estimate of drug-likeness (QED) is 0.137. The number of hydrogen-bond donors (Lipinski definition) is 8. The van der Waals surface area contributed by atoms with Crippen LogP contribution in [0.4, 0.5) is 0 Å². The fraction of sp³-hybridized carbons (Fsp3) is 0. The minimum absolute atomic E-state index is 1.66. The van der Waals surface area contributed by atoms with Crippen LogP contribution in [0.5, 0.6) is 0 Å². The van der Waals surface area contributed by atoms with E-state index in [9.17, 15) is 9.59 Å². The van der Waals surface area contributed by atoms with Crippen molar-refractivity contribution in [2.24, 2.45) is 34.3 Å². The van der Waals surface area contributed by atoms with E-state index in [0.29, 0.717) is 0 Å². The molecule has 0 spiro atoms. The predicted octanol–water partition coefficient (Wildman–Crippen LogP) is -5.73. The van der Waals surface area contributed by atoms with Crippen molar-refractivity contribution in [2.45, 2.75) is 0 Å². The summed E-state index contributed by atoms with van der Waals surface area (Å²) in [5.74, 6) is -3.32. The zero-order valence-corrected chi connectivity index (χ0v) is 12.4. The first-order valence-corrected chi connectivity index (χ1v) is 15.1. The Kier molecular flexibility index (Phi) is 3.75. The monoisotopic (exact) mass is 606 g/mol. The van der Waals surface area contributed by atoms with Crippen molar-refractivity contribution in [3.05, 3.63) is 0 Å². The van der Waals surface area contributed by atoms with Crippen LogP contribution in [0.3, 0.4) is 0 Å². The number of rotatable bonds is 2. The van der Waals surface area contributed by atoms with Gasteiger partial charge < -0.3 is 0 Å². The van der Waals surface area contributed by atoms with Crippen LogP contribution in [0.1, 0.15) is 0 Å². The van der Waals surface area contributed by atoms with Crippen molar-refractivity contribution in [3.8, 4) is 0 Å². The van der Waals surface area contributed by atoms with Gasteiger partial charge in [-0.1, -0.05) is 0 Å². The van der Waals surface area contributed by atoms with E-state index in [1.165, 1.54) is 0 Å². The third-order valence-electron chi connectivity index (χ3n) is 0.582. The summed E-state index contributed by atoms with van der Waals surface area (Å²) in [5, 5.41) is 0. The summed E-state index contributed by atoms with van der Waals surface area (Å²) in [7, 11) is 0. The predicted molar refractivity (Wildman–Crippen MR) is 45.7 cm³/mol. The maximum absolute atomic E-state index is 11.0. The summed E-state index contributed by atoms with van der Waals surface area (Å²) in [6.45, 7) is 0. The third kappa shape index (κ3) is 9.24. The molecule has 0 radical (unpaired) electrons. The van der Waals surface area contributed by atoms with Gasteiger partial charge in [0, 0.05) is 0 Å². The zero-order valence-electron chi connectivity index (χ0n) is 7.88. The van der Waals surface area contributed by atoms with E-state index in [-0.39, 0.29) is 0 Å². The first-order chi connectivity index (χ1) is 6.51. The second-order valence-electron chi connectivity index (χ2n) is 2.57. The number of hydrogen-bond acceptors (Lipinski definition) is 12. The molecule has 12 nitrogen and oxygen atoms in total. The van der Waals surface area contributed by atoms with Crippen LogP contribution in [0, 0.1) is 0 Å². The average molecular weight is 606 g/mol. The molecule has 0 aromatic carbocycles. The van der Waals surface area contributed by atoms with Gasteiger partial charge in [0.25, 0.3) is 0 Å². The Morgan fingerprint density at radius 1 is 0.625 bits per heavy atom. The van der Waals surface area contributed by atoms with Gasteiger partial charge in [-0.2, -0.15) is 0 Å².